The molecule has 1 N–H and O–H groups in total. The highest BCUT2D eigenvalue weighted by Crippen LogP contribution is 2.28. The SMILES string of the molecule is Cn1nnnc1-c1cccc(NC(=O)C2CC(=O)N(c3cccc(Cl)c3)C2)c1. The molecule has 1 unspecified atom stereocenters. The molecule has 2 heterocycles. The van der Waals surface area contributed by atoms with Crippen molar-refractivity contribution in [3.63, 3.8) is 0 Å². The van der Waals surface area contributed by atoms with Crippen LogP contribution >= 0.6 is 11.6 Å². The summed E-state index contributed by atoms with van der Waals surface area (Å²) >= 11 is 6.01. The first-order valence-electron chi connectivity index (χ1n) is 8.71. The maximum absolute atomic E-state index is 12.7. The van der Waals surface area contributed by atoms with E-state index in [0.717, 1.165) is 5.56 Å². The second-order valence-corrected chi connectivity index (χ2v) is 7.02. The summed E-state index contributed by atoms with van der Waals surface area (Å²) in [5.74, 6) is -0.140. The summed E-state index contributed by atoms with van der Waals surface area (Å²) in [6.07, 6.45) is 0.158. The number of tetrazole rings is 1. The lowest BCUT2D eigenvalue weighted by molar-refractivity contribution is -0.122. The van der Waals surface area contributed by atoms with Crippen molar-refractivity contribution in [3.8, 4) is 11.4 Å². The first-order chi connectivity index (χ1) is 13.5. The van der Waals surface area contributed by atoms with Crippen LogP contribution in [-0.2, 0) is 16.6 Å². The number of carbonyl (C=O) groups is 2. The Morgan fingerprint density at radius 3 is 2.79 bits per heavy atom. The van der Waals surface area contributed by atoms with Crippen LogP contribution in [-0.4, -0.2) is 38.6 Å². The third kappa shape index (κ3) is 3.59. The van der Waals surface area contributed by atoms with Gasteiger partial charge in [-0.25, -0.2) is 4.68 Å². The standard InChI is InChI=1S/C19H17ClN6O2/c1-25-18(22-23-24-25)12-4-2-6-15(8-12)21-19(28)13-9-17(27)26(11-13)16-7-3-5-14(20)10-16/h2-8,10,13H,9,11H2,1H3,(H,21,28). The number of nitrogens with one attached hydrogen (secondary N) is 1. The Morgan fingerprint density at radius 2 is 2.04 bits per heavy atom. The average molecular weight is 397 g/mol. The lowest BCUT2D eigenvalue weighted by Crippen LogP contribution is -2.28. The Labute approximate surface area is 166 Å². The molecule has 4 rings (SSSR count). The van der Waals surface area contributed by atoms with E-state index in [1.165, 1.54) is 0 Å². The van der Waals surface area contributed by atoms with Crippen molar-refractivity contribution in [1.82, 2.24) is 20.2 Å². The molecule has 28 heavy (non-hydrogen) atoms. The van der Waals surface area contributed by atoms with Crippen LogP contribution in [0.1, 0.15) is 6.42 Å². The third-order valence-corrected chi connectivity index (χ3v) is 4.86. The quantitative estimate of drug-likeness (QED) is 0.731. The van der Waals surface area contributed by atoms with Gasteiger partial charge in [0.05, 0.1) is 5.92 Å². The van der Waals surface area contributed by atoms with Gasteiger partial charge in [-0.15, -0.1) is 5.10 Å². The number of hydrogen-bond donors (Lipinski definition) is 1. The molecule has 0 spiro atoms. The van der Waals surface area contributed by atoms with E-state index in [9.17, 15) is 9.59 Å². The van der Waals surface area contributed by atoms with Crippen molar-refractivity contribution in [1.29, 1.82) is 0 Å². The van der Waals surface area contributed by atoms with E-state index in [1.807, 2.05) is 18.2 Å². The number of amides is 2. The highest BCUT2D eigenvalue weighted by atomic mass is 35.5. The number of halogens is 1. The molecule has 9 heteroatoms. The summed E-state index contributed by atoms with van der Waals surface area (Å²) in [4.78, 5) is 26.7. The predicted molar refractivity (Wildman–Crippen MR) is 105 cm³/mol. The smallest absolute Gasteiger partial charge is 0.229 e. The Morgan fingerprint density at radius 1 is 1.21 bits per heavy atom. The lowest BCUT2D eigenvalue weighted by atomic mass is 10.1. The normalized spacial score (nSPS) is 16.4. The van der Waals surface area contributed by atoms with Gasteiger partial charge in [0.25, 0.3) is 0 Å². The summed E-state index contributed by atoms with van der Waals surface area (Å²) in [7, 11) is 1.75. The number of hydrogen-bond acceptors (Lipinski definition) is 5. The fraction of sp³-hybridized carbons (Fsp3) is 0.211. The van der Waals surface area contributed by atoms with Gasteiger partial charge in [-0.1, -0.05) is 29.8 Å². The Balaban J connectivity index is 1.47. The molecule has 2 amide bonds. The summed E-state index contributed by atoms with van der Waals surface area (Å²) in [5, 5.41) is 14.8. The fourth-order valence-electron chi connectivity index (χ4n) is 3.23. The van der Waals surface area contributed by atoms with Gasteiger partial charge in [0.2, 0.25) is 11.8 Å². The zero-order chi connectivity index (χ0) is 19.7. The van der Waals surface area contributed by atoms with Gasteiger partial charge in [-0.3, -0.25) is 9.59 Å². The zero-order valence-electron chi connectivity index (χ0n) is 15.0. The van der Waals surface area contributed by atoms with Crippen molar-refractivity contribution in [2.24, 2.45) is 13.0 Å². The van der Waals surface area contributed by atoms with Gasteiger partial charge in [-0.2, -0.15) is 0 Å². The van der Waals surface area contributed by atoms with Crippen molar-refractivity contribution in [2.75, 3.05) is 16.8 Å². The molecule has 1 saturated heterocycles. The second-order valence-electron chi connectivity index (χ2n) is 6.58. The highest BCUT2D eigenvalue weighted by molar-refractivity contribution is 6.31. The van der Waals surface area contributed by atoms with Gasteiger partial charge >= 0.3 is 0 Å². The Hall–Kier alpha value is -3.26. The molecule has 3 aromatic rings. The molecule has 1 aliphatic rings. The minimum Gasteiger partial charge on any atom is -0.326 e. The first-order valence-corrected chi connectivity index (χ1v) is 9.08. The molecule has 1 atom stereocenters. The van der Waals surface area contributed by atoms with E-state index in [1.54, 1.807) is 47.0 Å². The van der Waals surface area contributed by atoms with Crippen LogP contribution in [0.25, 0.3) is 11.4 Å². The maximum Gasteiger partial charge on any atom is 0.229 e. The fourth-order valence-corrected chi connectivity index (χ4v) is 3.42. The van der Waals surface area contributed by atoms with Crippen LogP contribution in [0.15, 0.2) is 48.5 Å². The topological polar surface area (TPSA) is 93.0 Å². The molecule has 0 radical (unpaired) electrons. The number of aromatic nitrogens is 4. The van der Waals surface area contributed by atoms with Crippen molar-refractivity contribution in [3.05, 3.63) is 53.6 Å². The van der Waals surface area contributed by atoms with Gasteiger partial charge in [0.1, 0.15) is 0 Å². The average Bonchev–Trinajstić information content (AvgIpc) is 3.27. The molecular weight excluding hydrogens is 380 g/mol. The minimum absolute atomic E-state index is 0.0960. The monoisotopic (exact) mass is 396 g/mol. The van der Waals surface area contributed by atoms with Gasteiger partial charge in [-0.05, 0) is 40.8 Å². The molecule has 1 aromatic heterocycles. The maximum atomic E-state index is 12.7. The van der Waals surface area contributed by atoms with E-state index >= 15 is 0 Å². The molecule has 1 aliphatic heterocycles. The summed E-state index contributed by atoms with van der Waals surface area (Å²) < 4.78 is 1.55. The molecule has 0 aliphatic carbocycles. The van der Waals surface area contributed by atoms with Crippen LogP contribution in [0.2, 0.25) is 5.02 Å². The molecule has 2 aromatic carbocycles. The summed E-state index contributed by atoms with van der Waals surface area (Å²) in [6.45, 7) is 0.317. The lowest BCUT2D eigenvalue weighted by Gasteiger charge is -2.17. The number of aryl methyl sites for hydroxylation is 1. The minimum atomic E-state index is -0.438. The van der Waals surface area contributed by atoms with Crippen LogP contribution in [0.3, 0.4) is 0 Å². The molecule has 142 valence electrons. The number of nitrogens with zero attached hydrogens (tertiary/aromatic N) is 5. The van der Waals surface area contributed by atoms with Crippen molar-refractivity contribution < 1.29 is 9.59 Å². The number of anilines is 2. The molecule has 0 bridgehead atoms. The zero-order valence-corrected chi connectivity index (χ0v) is 15.8. The van der Waals surface area contributed by atoms with Crippen molar-refractivity contribution >= 4 is 34.8 Å². The van der Waals surface area contributed by atoms with Gasteiger partial charge in [0.15, 0.2) is 5.82 Å². The van der Waals surface area contributed by atoms with E-state index in [-0.39, 0.29) is 18.2 Å². The van der Waals surface area contributed by atoms with Crippen LogP contribution in [0.4, 0.5) is 11.4 Å². The summed E-state index contributed by atoms with van der Waals surface area (Å²) in [5.41, 5.74) is 2.11. The van der Waals surface area contributed by atoms with E-state index in [2.05, 4.69) is 20.8 Å². The Bertz CT molecular complexity index is 1050. The van der Waals surface area contributed by atoms with E-state index < -0.39 is 5.92 Å². The second kappa shape index (κ2) is 7.40. The molecule has 0 saturated carbocycles. The number of rotatable bonds is 4. The van der Waals surface area contributed by atoms with Gasteiger partial charge < -0.3 is 10.2 Å². The molecule has 1 fully saturated rings. The summed E-state index contributed by atoms with van der Waals surface area (Å²) in [6, 6.07) is 14.3. The van der Waals surface area contributed by atoms with Crippen molar-refractivity contribution in [2.45, 2.75) is 6.42 Å². The highest BCUT2D eigenvalue weighted by Gasteiger charge is 2.35. The molecule has 8 nitrogen and oxygen atoms in total. The first kappa shape index (κ1) is 18.1. The van der Waals surface area contributed by atoms with E-state index in [0.29, 0.717) is 28.8 Å². The largest absolute Gasteiger partial charge is 0.326 e. The number of carbonyl (C=O) groups excluding carboxylic acids is 2. The number of benzene rings is 2. The molecular formula is C19H17ClN6O2. The van der Waals surface area contributed by atoms with Crippen LogP contribution in [0.5, 0.6) is 0 Å². The third-order valence-electron chi connectivity index (χ3n) is 4.62. The predicted octanol–water partition coefficient (Wildman–Crippen LogP) is 2.52. The van der Waals surface area contributed by atoms with Crippen LogP contribution in [0, 0.1) is 5.92 Å². The Kier molecular flexibility index (Phi) is 4.79. The van der Waals surface area contributed by atoms with E-state index in [4.69, 9.17) is 11.6 Å². The van der Waals surface area contributed by atoms with Gasteiger partial charge in [0, 0.05) is 42.0 Å². The van der Waals surface area contributed by atoms with Crippen LogP contribution < -0.4 is 10.2 Å².